The number of nitrogens with one attached hydrogen (secondary N) is 1. The molecule has 3 rings (SSSR count). The SMILES string of the molecule is Cc1ccc(OCC2c3ccsc3CCN2C(=O)CNC(C)(C)C)c(C)c1. The van der Waals surface area contributed by atoms with Gasteiger partial charge in [0.2, 0.25) is 5.91 Å². The van der Waals surface area contributed by atoms with E-state index in [9.17, 15) is 4.79 Å². The van der Waals surface area contributed by atoms with E-state index in [0.29, 0.717) is 13.2 Å². The molecule has 1 amide bonds. The van der Waals surface area contributed by atoms with Gasteiger partial charge in [0.25, 0.3) is 0 Å². The van der Waals surface area contributed by atoms with Crippen LogP contribution in [0, 0.1) is 13.8 Å². The molecule has 5 heteroatoms. The lowest BCUT2D eigenvalue weighted by molar-refractivity contribution is -0.134. The summed E-state index contributed by atoms with van der Waals surface area (Å²) in [5, 5.41) is 5.44. The maximum atomic E-state index is 12.9. The van der Waals surface area contributed by atoms with Crippen molar-refractivity contribution in [1.29, 1.82) is 0 Å². The van der Waals surface area contributed by atoms with Crippen molar-refractivity contribution in [3.8, 4) is 5.75 Å². The average molecular weight is 387 g/mol. The number of hydrogen-bond acceptors (Lipinski definition) is 4. The predicted molar refractivity (Wildman–Crippen MR) is 112 cm³/mol. The Morgan fingerprint density at radius 3 is 2.78 bits per heavy atom. The first-order chi connectivity index (χ1) is 12.7. The number of fused-ring (bicyclic) bond motifs is 1. The van der Waals surface area contributed by atoms with Gasteiger partial charge in [-0.25, -0.2) is 0 Å². The van der Waals surface area contributed by atoms with Gasteiger partial charge in [-0.1, -0.05) is 17.7 Å². The van der Waals surface area contributed by atoms with E-state index in [4.69, 9.17) is 4.74 Å². The molecule has 0 saturated heterocycles. The van der Waals surface area contributed by atoms with Crippen molar-refractivity contribution in [2.75, 3.05) is 19.7 Å². The minimum Gasteiger partial charge on any atom is -0.491 e. The highest BCUT2D eigenvalue weighted by atomic mass is 32.1. The first-order valence-corrected chi connectivity index (χ1v) is 10.4. The van der Waals surface area contributed by atoms with Crippen molar-refractivity contribution >= 4 is 17.2 Å². The quantitative estimate of drug-likeness (QED) is 0.835. The summed E-state index contributed by atoms with van der Waals surface area (Å²) in [7, 11) is 0. The summed E-state index contributed by atoms with van der Waals surface area (Å²) in [6.07, 6.45) is 0.925. The first-order valence-electron chi connectivity index (χ1n) is 9.55. The molecule has 146 valence electrons. The summed E-state index contributed by atoms with van der Waals surface area (Å²) < 4.78 is 6.17. The van der Waals surface area contributed by atoms with Gasteiger partial charge in [0.05, 0.1) is 12.6 Å². The molecular weight excluding hydrogens is 356 g/mol. The Morgan fingerprint density at radius 2 is 2.07 bits per heavy atom. The van der Waals surface area contributed by atoms with Gasteiger partial charge in [-0.3, -0.25) is 4.79 Å². The summed E-state index contributed by atoms with van der Waals surface area (Å²) in [4.78, 5) is 16.3. The molecule has 1 unspecified atom stereocenters. The van der Waals surface area contributed by atoms with Crippen LogP contribution in [-0.2, 0) is 11.2 Å². The number of hydrogen-bond donors (Lipinski definition) is 1. The van der Waals surface area contributed by atoms with Gasteiger partial charge in [0.15, 0.2) is 0 Å². The van der Waals surface area contributed by atoms with Gasteiger partial charge >= 0.3 is 0 Å². The molecule has 0 saturated carbocycles. The Labute approximate surface area is 166 Å². The molecule has 1 aromatic carbocycles. The molecule has 0 radical (unpaired) electrons. The van der Waals surface area contributed by atoms with Crippen molar-refractivity contribution in [2.45, 2.75) is 52.6 Å². The number of ether oxygens (including phenoxy) is 1. The third kappa shape index (κ3) is 4.90. The molecule has 1 atom stereocenters. The van der Waals surface area contributed by atoms with Crippen LogP contribution in [0.1, 0.15) is 48.4 Å². The third-order valence-electron chi connectivity index (χ3n) is 4.91. The molecule has 4 nitrogen and oxygen atoms in total. The average Bonchev–Trinajstić information content (AvgIpc) is 3.07. The van der Waals surface area contributed by atoms with E-state index in [1.807, 2.05) is 11.0 Å². The maximum Gasteiger partial charge on any atom is 0.237 e. The van der Waals surface area contributed by atoms with Crippen LogP contribution < -0.4 is 10.1 Å². The highest BCUT2D eigenvalue weighted by Gasteiger charge is 2.32. The van der Waals surface area contributed by atoms with Crippen LogP contribution >= 0.6 is 11.3 Å². The zero-order valence-corrected chi connectivity index (χ0v) is 17.8. The Bertz CT molecular complexity index is 807. The van der Waals surface area contributed by atoms with Gasteiger partial charge in [-0.05, 0) is 69.7 Å². The van der Waals surface area contributed by atoms with Crippen molar-refractivity contribution in [3.63, 3.8) is 0 Å². The largest absolute Gasteiger partial charge is 0.491 e. The topological polar surface area (TPSA) is 41.6 Å². The minimum absolute atomic E-state index is 0.0324. The Hall–Kier alpha value is -1.85. The smallest absolute Gasteiger partial charge is 0.237 e. The number of thiophene rings is 1. The Balaban J connectivity index is 1.76. The van der Waals surface area contributed by atoms with Crippen LogP contribution in [-0.4, -0.2) is 36.0 Å². The lowest BCUT2D eigenvalue weighted by Gasteiger charge is -2.36. The number of amides is 1. The second-order valence-electron chi connectivity index (χ2n) is 8.34. The summed E-state index contributed by atoms with van der Waals surface area (Å²) in [6, 6.07) is 8.33. The highest BCUT2D eigenvalue weighted by Crippen LogP contribution is 2.34. The molecule has 1 aromatic heterocycles. The molecule has 0 aliphatic carbocycles. The van der Waals surface area contributed by atoms with Crippen LogP contribution in [0.4, 0.5) is 0 Å². The third-order valence-corrected chi connectivity index (χ3v) is 5.91. The van der Waals surface area contributed by atoms with Gasteiger partial charge in [0.1, 0.15) is 12.4 Å². The van der Waals surface area contributed by atoms with E-state index in [2.05, 4.69) is 63.5 Å². The summed E-state index contributed by atoms with van der Waals surface area (Å²) in [5.41, 5.74) is 3.51. The van der Waals surface area contributed by atoms with E-state index >= 15 is 0 Å². The standard InChI is InChI=1S/C22H30N2O2S/c1-15-6-7-19(16(2)12-15)26-14-18-17-9-11-27-20(17)8-10-24(18)21(25)13-23-22(3,4)5/h6-7,9,11-12,18,23H,8,10,13-14H2,1-5H3. The normalized spacial score (nSPS) is 16.9. The van der Waals surface area contributed by atoms with Crippen molar-refractivity contribution in [1.82, 2.24) is 10.2 Å². The van der Waals surface area contributed by atoms with E-state index in [1.165, 1.54) is 16.0 Å². The summed E-state index contributed by atoms with van der Waals surface area (Å²) in [6.45, 7) is 12.0. The molecule has 2 heterocycles. The maximum absolute atomic E-state index is 12.9. The number of nitrogens with zero attached hydrogens (tertiary/aromatic N) is 1. The molecule has 0 spiro atoms. The summed E-state index contributed by atoms with van der Waals surface area (Å²) in [5.74, 6) is 1.03. The van der Waals surface area contributed by atoms with Crippen LogP contribution in [0.3, 0.4) is 0 Å². The van der Waals surface area contributed by atoms with E-state index in [1.54, 1.807) is 11.3 Å². The number of benzene rings is 1. The monoisotopic (exact) mass is 386 g/mol. The molecule has 0 fully saturated rings. The number of carbonyl (C=O) groups is 1. The van der Waals surface area contributed by atoms with E-state index in [0.717, 1.165) is 24.3 Å². The molecule has 1 aliphatic heterocycles. The van der Waals surface area contributed by atoms with Crippen LogP contribution in [0.15, 0.2) is 29.6 Å². The molecule has 0 bridgehead atoms. The summed E-state index contributed by atoms with van der Waals surface area (Å²) >= 11 is 1.78. The number of aryl methyl sites for hydroxylation is 2. The van der Waals surface area contributed by atoms with Crippen LogP contribution in [0.2, 0.25) is 0 Å². The van der Waals surface area contributed by atoms with Crippen molar-refractivity contribution < 1.29 is 9.53 Å². The van der Waals surface area contributed by atoms with Gasteiger partial charge in [-0.2, -0.15) is 0 Å². The van der Waals surface area contributed by atoms with Crippen molar-refractivity contribution in [2.24, 2.45) is 0 Å². The van der Waals surface area contributed by atoms with Crippen LogP contribution in [0.5, 0.6) is 5.75 Å². The fourth-order valence-electron chi connectivity index (χ4n) is 3.45. The van der Waals surface area contributed by atoms with Crippen LogP contribution in [0.25, 0.3) is 0 Å². The fourth-order valence-corrected chi connectivity index (χ4v) is 4.38. The Kier molecular flexibility index (Phi) is 5.92. The molecule has 2 aromatic rings. The Morgan fingerprint density at radius 1 is 1.30 bits per heavy atom. The second-order valence-corrected chi connectivity index (χ2v) is 9.34. The number of rotatable bonds is 5. The molecule has 27 heavy (non-hydrogen) atoms. The van der Waals surface area contributed by atoms with Gasteiger partial charge in [0, 0.05) is 17.0 Å². The molecule has 1 N–H and O–H groups in total. The fraction of sp³-hybridized carbons (Fsp3) is 0.500. The lowest BCUT2D eigenvalue weighted by atomic mass is 10.00. The zero-order chi connectivity index (χ0) is 19.6. The highest BCUT2D eigenvalue weighted by molar-refractivity contribution is 7.10. The predicted octanol–water partition coefficient (Wildman–Crippen LogP) is 4.26. The van der Waals surface area contributed by atoms with Crippen molar-refractivity contribution in [3.05, 3.63) is 51.2 Å². The van der Waals surface area contributed by atoms with E-state index in [-0.39, 0.29) is 17.5 Å². The van der Waals surface area contributed by atoms with Gasteiger partial charge < -0.3 is 15.0 Å². The number of carbonyl (C=O) groups excluding carboxylic acids is 1. The first kappa shape index (κ1) is 19.9. The lowest BCUT2D eigenvalue weighted by Crippen LogP contribution is -2.48. The minimum atomic E-state index is -0.0794. The molecule has 1 aliphatic rings. The molecular formula is C22H30N2O2S. The zero-order valence-electron chi connectivity index (χ0n) is 17.0. The van der Waals surface area contributed by atoms with Gasteiger partial charge in [-0.15, -0.1) is 11.3 Å². The second kappa shape index (κ2) is 8.03. The van der Waals surface area contributed by atoms with E-state index < -0.39 is 0 Å².